The third-order valence-electron chi connectivity index (χ3n) is 1.82. The Morgan fingerprint density at radius 1 is 1.43 bits per heavy atom. The Labute approximate surface area is 88.7 Å². The van der Waals surface area contributed by atoms with E-state index < -0.39 is 5.97 Å². The van der Waals surface area contributed by atoms with Crippen LogP contribution in [0.25, 0.3) is 10.1 Å². The summed E-state index contributed by atoms with van der Waals surface area (Å²) in [4.78, 5) is 11.0. The first-order valence-corrected chi connectivity index (χ1v) is 4.99. The van der Waals surface area contributed by atoms with E-state index in [0.717, 1.165) is 21.4 Å². The summed E-state index contributed by atoms with van der Waals surface area (Å²) in [6.45, 7) is 0. The maximum atomic E-state index is 10.7. The Bertz CT molecular complexity index is 521. The smallest absolute Gasteiger partial charge is 0.345 e. The van der Waals surface area contributed by atoms with Crippen molar-refractivity contribution in [2.75, 3.05) is 5.73 Å². The molecule has 0 atom stereocenters. The number of carbonyl (C=O) groups is 1. The first-order valence-electron chi connectivity index (χ1n) is 3.80. The number of hydrogen-bond acceptors (Lipinski definition) is 3. The Morgan fingerprint density at radius 2 is 2.14 bits per heavy atom. The molecule has 3 N–H and O–H groups in total. The number of nitrogens with two attached hydrogens (primary N) is 1. The third kappa shape index (κ3) is 1.42. The molecule has 0 spiro atoms. The van der Waals surface area contributed by atoms with Gasteiger partial charge >= 0.3 is 5.97 Å². The molecule has 0 radical (unpaired) electrons. The molecule has 1 aromatic heterocycles. The van der Waals surface area contributed by atoms with Crippen LogP contribution < -0.4 is 5.73 Å². The molecule has 2 aromatic rings. The second-order valence-electron chi connectivity index (χ2n) is 2.83. The van der Waals surface area contributed by atoms with E-state index >= 15 is 0 Å². The maximum Gasteiger partial charge on any atom is 0.345 e. The zero-order valence-corrected chi connectivity index (χ0v) is 8.52. The van der Waals surface area contributed by atoms with Crippen LogP contribution in [0.5, 0.6) is 0 Å². The number of anilines is 1. The molecular formula is C9H6ClNO2S. The SMILES string of the molecule is Nc1cc(Cl)cc2cc(C(=O)O)sc12. The molecular weight excluding hydrogens is 222 g/mol. The quantitative estimate of drug-likeness (QED) is 0.737. The number of aromatic carboxylic acids is 1. The highest BCUT2D eigenvalue weighted by Crippen LogP contribution is 2.33. The van der Waals surface area contributed by atoms with Crippen LogP contribution >= 0.6 is 22.9 Å². The van der Waals surface area contributed by atoms with E-state index in [1.165, 1.54) is 0 Å². The zero-order chi connectivity index (χ0) is 10.3. The van der Waals surface area contributed by atoms with E-state index in [1.807, 2.05) is 0 Å². The average Bonchev–Trinajstić information content (AvgIpc) is 2.47. The van der Waals surface area contributed by atoms with Crippen LogP contribution in [-0.4, -0.2) is 11.1 Å². The molecule has 0 aliphatic heterocycles. The van der Waals surface area contributed by atoms with Gasteiger partial charge in [0.15, 0.2) is 0 Å². The van der Waals surface area contributed by atoms with Crippen LogP contribution in [0, 0.1) is 0 Å². The number of rotatable bonds is 1. The van der Waals surface area contributed by atoms with Gasteiger partial charge in [0.2, 0.25) is 0 Å². The van der Waals surface area contributed by atoms with Gasteiger partial charge in [0.1, 0.15) is 4.88 Å². The van der Waals surface area contributed by atoms with Gasteiger partial charge in [-0.15, -0.1) is 11.3 Å². The fraction of sp³-hybridized carbons (Fsp3) is 0. The largest absolute Gasteiger partial charge is 0.477 e. The first kappa shape index (κ1) is 9.30. The molecule has 0 saturated heterocycles. The van der Waals surface area contributed by atoms with Gasteiger partial charge in [-0.1, -0.05) is 11.6 Å². The lowest BCUT2D eigenvalue weighted by molar-refractivity contribution is 0.0702. The summed E-state index contributed by atoms with van der Waals surface area (Å²) in [6.07, 6.45) is 0. The Morgan fingerprint density at radius 3 is 2.79 bits per heavy atom. The van der Waals surface area contributed by atoms with Gasteiger partial charge in [-0.05, 0) is 23.6 Å². The van der Waals surface area contributed by atoms with E-state index in [9.17, 15) is 4.79 Å². The molecule has 0 aliphatic rings. The monoisotopic (exact) mass is 227 g/mol. The van der Waals surface area contributed by atoms with Crippen LogP contribution in [-0.2, 0) is 0 Å². The van der Waals surface area contributed by atoms with Crippen molar-refractivity contribution in [2.45, 2.75) is 0 Å². The second kappa shape index (κ2) is 3.15. The number of hydrogen-bond donors (Lipinski definition) is 2. The number of benzene rings is 1. The molecule has 0 amide bonds. The van der Waals surface area contributed by atoms with Crippen LogP contribution in [0.3, 0.4) is 0 Å². The Hall–Kier alpha value is -1.26. The molecule has 0 bridgehead atoms. The lowest BCUT2D eigenvalue weighted by atomic mass is 10.2. The standard InChI is InChI=1S/C9H6ClNO2S/c10-5-1-4-2-7(9(12)13)14-8(4)6(11)3-5/h1-3H,11H2,(H,12,13). The molecule has 1 aromatic carbocycles. The van der Waals surface area contributed by atoms with E-state index in [4.69, 9.17) is 22.4 Å². The van der Waals surface area contributed by atoms with Crippen molar-refractivity contribution in [3.63, 3.8) is 0 Å². The van der Waals surface area contributed by atoms with Crippen molar-refractivity contribution in [1.29, 1.82) is 0 Å². The van der Waals surface area contributed by atoms with E-state index in [0.29, 0.717) is 10.7 Å². The van der Waals surface area contributed by atoms with Crippen molar-refractivity contribution in [3.05, 3.63) is 28.1 Å². The minimum absolute atomic E-state index is 0.272. The fourth-order valence-electron chi connectivity index (χ4n) is 1.25. The molecule has 5 heteroatoms. The summed E-state index contributed by atoms with van der Waals surface area (Å²) in [5.74, 6) is -0.943. The second-order valence-corrected chi connectivity index (χ2v) is 4.32. The van der Waals surface area contributed by atoms with Gasteiger partial charge in [0, 0.05) is 5.02 Å². The minimum Gasteiger partial charge on any atom is -0.477 e. The van der Waals surface area contributed by atoms with Crippen molar-refractivity contribution < 1.29 is 9.90 Å². The van der Waals surface area contributed by atoms with Gasteiger partial charge in [0.25, 0.3) is 0 Å². The highest BCUT2D eigenvalue weighted by Gasteiger charge is 2.10. The molecule has 0 unspecified atom stereocenters. The van der Waals surface area contributed by atoms with Crippen LogP contribution in [0.4, 0.5) is 5.69 Å². The van der Waals surface area contributed by atoms with Crippen molar-refractivity contribution in [2.24, 2.45) is 0 Å². The number of carboxylic acid groups (broad SMARTS) is 1. The number of carboxylic acids is 1. The highest BCUT2D eigenvalue weighted by molar-refractivity contribution is 7.21. The summed E-state index contributed by atoms with van der Waals surface area (Å²) >= 11 is 6.95. The molecule has 1 heterocycles. The van der Waals surface area contributed by atoms with Gasteiger partial charge in [-0.3, -0.25) is 0 Å². The van der Waals surface area contributed by atoms with Crippen LogP contribution in [0.2, 0.25) is 5.02 Å². The summed E-state index contributed by atoms with van der Waals surface area (Å²) in [5, 5.41) is 10.1. The van der Waals surface area contributed by atoms with Crippen molar-refractivity contribution in [3.8, 4) is 0 Å². The maximum absolute atomic E-state index is 10.7. The van der Waals surface area contributed by atoms with E-state index in [2.05, 4.69) is 0 Å². The number of fused-ring (bicyclic) bond motifs is 1. The van der Waals surface area contributed by atoms with Crippen molar-refractivity contribution in [1.82, 2.24) is 0 Å². The first-order chi connectivity index (χ1) is 6.58. The van der Waals surface area contributed by atoms with Gasteiger partial charge < -0.3 is 10.8 Å². The van der Waals surface area contributed by atoms with E-state index in [-0.39, 0.29) is 4.88 Å². The fourth-order valence-corrected chi connectivity index (χ4v) is 2.39. The summed E-state index contributed by atoms with van der Waals surface area (Å²) in [5.41, 5.74) is 6.22. The molecule has 0 aliphatic carbocycles. The van der Waals surface area contributed by atoms with Gasteiger partial charge in [-0.25, -0.2) is 4.79 Å². The molecule has 72 valence electrons. The Kier molecular flexibility index (Phi) is 2.09. The number of thiophene rings is 1. The predicted octanol–water partition coefficient (Wildman–Crippen LogP) is 2.84. The normalized spacial score (nSPS) is 10.6. The molecule has 2 rings (SSSR count). The predicted molar refractivity (Wildman–Crippen MR) is 58.2 cm³/mol. The minimum atomic E-state index is -0.943. The van der Waals surface area contributed by atoms with Crippen molar-refractivity contribution >= 4 is 44.7 Å². The average molecular weight is 228 g/mol. The van der Waals surface area contributed by atoms with E-state index in [1.54, 1.807) is 18.2 Å². The molecule has 0 saturated carbocycles. The molecule has 0 fully saturated rings. The molecule has 3 nitrogen and oxygen atoms in total. The Balaban J connectivity index is 2.76. The lowest BCUT2D eigenvalue weighted by Crippen LogP contribution is -1.89. The number of halogens is 1. The van der Waals surface area contributed by atoms with Gasteiger partial charge in [-0.2, -0.15) is 0 Å². The molecule has 14 heavy (non-hydrogen) atoms. The summed E-state index contributed by atoms with van der Waals surface area (Å²) in [7, 11) is 0. The summed E-state index contributed by atoms with van der Waals surface area (Å²) in [6, 6.07) is 4.90. The highest BCUT2D eigenvalue weighted by atomic mass is 35.5. The summed E-state index contributed by atoms with van der Waals surface area (Å²) < 4.78 is 0.770. The third-order valence-corrected chi connectivity index (χ3v) is 3.23. The zero-order valence-electron chi connectivity index (χ0n) is 6.95. The topological polar surface area (TPSA) is 63.3 Å². The number of nitrogen functional groups attached to an aromatic ring is 1. The lowest BCUT2D eigenvalue weighted by Gasteiger charge is -1.95. The van der Waals surface area contributed by atoms with Crippen LogP contribution in [0.1, 0.15) is 9.67 Å². The van der Waals surface area contributed by atoms with Crippen LogP contribution in [0.15, 0.2) is 18.2 Å². The van der Waals surface area contributed by atoms with Gasteiger partial charge in [0.05, 0.1) is 10.4 Å².